The van der Waals surface area contributed by atoms with Crippen molar-refractivity contribution < 1.29 is 9.53 Å². The number of rotatable bonds is 2. The molecule has 0 spiro atoms. The molecule has 0 saturated heterocycles. The minimum absolute atomic E-state index is 0.142. The largest absolute Gasteiger partial charge is 0.463 e. The summed E-state index contributed by atoms with van der Waals surface area (Å²) in [6, 6.07) is 0. The topological polar surface area (TPSA) is 26.3 Å². The minimum atomic E-state index is -0.142. The van der Waals surface area contributed by atoms with Gasteiger partial charge >= 0.3 is 5.97 Å². The zero-order valence-corrected chi connectivity index (χ0v) is 10.5. The molecule has 0 aromatic heterocycles. The Hall–Kier alpha value is -0.790. The maximum Gasteiger partial charge on any atom is 0.333 e. The first-order valence-corrected chi connectivity index (χ1v) is 5.74. The van der Waals surface area contributed by atoms with E-state index < -0.39 is 0 Å². The fourth-order valence-corrected chi connectivity index (χ4v) is 2.59. The van der Waals surface area contributed by atoms with Gasteiger partial charge in [-0.25, -0.2) is 4.79 Å². The second kappa shape index (κ2) is 4.38. The summed E-state index contributed by atoms with van der Waals surface area (Å²) in [5.41, 5.74) is 2.45. The highest BCUT2D eigenvalue weighted by Gasteiger charge is 2.34. The third-order valence-electron chi connectivity index (χ3n) is 3.19. The van der Waals surface area contributed by atoms with E-state index in [0.717, 1.165) is 12.0 Å². The molecule has 2 nitrogen and oxygen atoms in total. The second-order valence-electron chi connectivity index (χ2n) is 5.32. The predicted molar refractivity (Wildman–Crippen MR) is 61.5 cm³/mol. The Labute approximate surface area is 92.7 Å². The Bertz CT molecular complexity index is 287. The molecule has 86 valence electrons. The van der Waals surface area contributed by atoms with Crippen LogP contribution >= 0.6 is 0 Å². The lowest BCUT2D eigenvalue weighted by molar-refractivity contribution is -0.138. The van der Waals surface area contributed by atoms with Crippen molar-refractivity contribution in [3.63, 3.8) is 0 Å². The number of hydrogen-bond donors (Lipinski definition) is 0. The lowest BCUT2D eigenvalue weighted by Gasteiger charge is -2.15. The Kier molecular flexibility index (Phi) is 3.58. The summed E-state index contributed by atoms with van der Waals surface area (Å²) in [6.45, 7) is 10.9. The van der Waals surface area contributed by atoms with Crippen molar-refractivity contribution in [1.82, 2.24) is 0 Å². The van der Waals surface area contributed by atoms with Gasteiger partial charge in [0.2, 0.25) is 0 Å². The van der Waals surface area contributed by atoms with Crippen molar-refractivity contribution in [1.29, 1.82) is 0 Å². The van der Waals surface area contributed by atoms with E-state index >= 15 is 0 Å². The lowest BCUT2D eigenvalue weighted by Crippen LogP contribution is -2.09. The minimum Gasteiger partial charge on any atom is -0.463 e. The van der Waals surface area contributed by atoms with Crippen molar-refractivity contribution in [2.75, 3.05) is 6.61 Å². The van der Waals surface area contributed by atoms with Gasteiger partial charge in [0.05, 0.1) is 6.61 Å². The monoisotopic (exact) mass is 210 g/mol. The molecule has 15 heavy (non-hydrogen) atoms. The molecule has 0 amide bonds. The van der Waals surface area contributed by atoms with Gasteiger partial charge in [-0.3, -0.25) is 0 Å². The third kappa shape index (κ3) is 2.83. The van der Waals surface area contributed by atoms with Crippen molar-refractivity contribution >= 4 is 5.97 Å². The molecule has 1 saturated carbocycles. The molecular formula is C13H22O2. The van der Waals surface area contributed by atoms with Crippen LogP contribution in [0.4, 0.5) is 0 Å². The van der Waals surface area contributed by atoms with E-state index in [-0.39, 0.29) is 5.97 Å². The van der Waals surface area contributed by atoms with Crippen molar-refractivity contribution in [3.05, 3.63) is 11.1 Å². The van der Waals surface area contributed by atoms with Crippen LogP contribution in [0.2, 0.25) is 0 Å². The second-order valence-corrected chi connectivity index (χ2v) is 5.32. The maximum absolute atomic E-state index is 11.6. The van der Waals surface area contributed by atoms with E-state index in [4.69, 9.17) is 4.74 Å². The predicted octanol–water partition coefficient (Wildman–Crippen LogP) is 3.32. The third-order valence-corrected chi connectivity index (χ3v) is 3.19. The van der Waals surface area contributed by atoms with Gasteiger partial charge < -0.3 is 4.74 Å². The molecule has 0 heterocycles. The number of ether oxygens (including phenoxy) is 1. The number of carbonyl (C=O) groups excluding carboxylic acids is 1. The number of hydrogen-bond acceptors (Lipinski definition) is 2. The average Bonchev–Trinajstić information content (AvgIpc) is 2.39. The van der Waals surface area contributed by atoms with E-state index in [9.17, 15) is 4.79 Å². The molecule has 0 N–H and O–H groups in total. The molecule has 0 bridgehead atoms. The number of esters is 1. The molecular weight excluding hydrogens is 188 g/mol. The summed E-state index contributed by atoms with van der Waals surface area (Å²) < 4.78 is 5.04. The molecule has 0 aliphatic heterocycles. The summed E-state index contributed by atoms with van der Waals surface area (Å²) in [7, 11) is 0. The SMILES string of the molecule is CCOC(=O)C(C)=C1CC(C)(C)CC1C. The van der Waals surface area contributed by atoms with E-state index in [1.807, 2.05) is 13.8 Å². The molecule has 1 rings (SSSR count). The van der Waals surface area contributed by atoms with Crippen LogP contribution in [-0.4, -0.2) is 12.6 Å². The van der Waals surface area contributed by atoms with E-state index in [1.54, 1.807) is 0 Å². The van der Waals surface area contributed by atoms with Crippen LogP contribution in [0.15, 0.2) is 11.1 Å². The molecule has 0 radical (unpaired) electrons. The van der Waals surface area contributed by atoms with Crippen LogP contribution in [0.5, 0.6) is 0 Å². The fourth-order valence-electron chi connectivity index (χ4n) is 2.59. The highest BCUT2D eigenvalue weighted by molar-refractivity contribution is 5.88. The van der Waals surface area contributed by atoms with Crippen LogP contribution in [-0.2, 0) is 9.53 Å². The molecule has 0 aromatic carbocycles. The summed E-state index contributed by atoms with van der Waals surface area (Å²) in [6.07, 6.45) is 2.19. The summed E-state index contributed by atoms with van der Waals surface area (Å²) in [5, 5.41) is 0. The van der Waals surface area contributed by atoms with E-state index in [0.29, 0.717) is 17.9 Å². The molecule has 1 aliphatic carbocycles. The van der Waals surface area contributed by atoms with Gasteiger partial charge in [0.15, 0.2) is 0 Å². The summed E-state index contributed by atoms with van der Waals surface area (Å²) >= 11 is 0. The average molecular weight is 210 g/mol. The molecule has 1 fully saturated rings. The maximum atomic E-state index is 11.6. The van der Waals surface area contributed by atoms with Crippen molar-refractivity contribution in [2.24, 2.45) is 11.3 Å². The van der Waals surface area contributed by atoms with E-state index in [2.05, 4.69) is 20.8 Å². The van der Waals surface area contributed by atoms with Gasteiger partial charge in [-0.2, -0.15) is 0 Å². The van der Waals surface area contributed by atoms with Crippen molar-refractivity contribution in [3.8, 4) is 0 Å². The fraction of sp³-hybridized carbons (Fsp3) is 0.769. The Morgan fingerprint density at radius 1 is 1.53 bits per heavy atom. The lowest BCUT2D eigenvalue weighted by atomic mass is 9.91. The zero-order valence-electron chi connectivity index (χ0n) is 10.5. The van der Waals surface area contributed by atoms with Gasteiger partial charge in [0.1, 0.15) is 0 Å². The zero-order chi connectivity index (χ0) is 11.6. The first kappa shape index (κ1) is 12.3. The Morgan fingerprint density at radius 3 is 2.53 bits per heavy atom. The molecule has 1 aliphatic rings. The van der Waals surface area contributed by atoms with Crippen molar-refractivity contribution in [2.45, 2.75) is 47.5 Å². The summed E-state index contributed by atoms with van der Waals surface area (Å²) in [4.78, 5) is 11.6. The van der Waals surface area contributed by atoms with Gasteiger partial charge in [-0.1, -0.05) is 26.3 Å². The number of carbonyl (C=O) groups is 1. The van der Waals surface area contributed by atoms with Crippen LogP contribution < -0.4 is 0 Å². The van der Waals surface area contributed by atoms with Crippen LogP contribution in [0, 0.1) is 11.3 Å². The molecule has 1 atom stereocenters. The molecule has 2 heteroatoms. The van der Waals surface area contributed by atoms with Gasteiger partial charge in [0, 0.05) is 5.57 Å². The first-order chi connectivity index (χ1) is 6.87. The number of allylic oxidation sites excluding steroid dienone is 1. The van der Waals surface area contributed by atoms with Crippen LogP contribution in [0.3, 0.4) is 0 Å². The van der Waals surface area contributed by atoms with Gasteiger partial charge in [-0.05, 0) is 38.0 Å². The smallest absolute Gasteiger partial charge is 0.333 e. The highest BCUT2D eigenvalue weighted by atomic mass is 16.5. The Morgan fingerprint density at radius 2 is 2.13 bits per heavy atom. The van der Waals surface area contributed by atoms with E-state index in [1.165, 1.54) is 12.0 Å². The normalized spacial score (nSPS) is 27.7. The standard InChI is InChI=1S/C13H22O2/c1-6-15-12(14)10(3)11-8-13(4,5)7-9(11)2/h9H,6-8H2,1-5H3. The van der Waals surface area contributed by atoms with Crippen LogP contribution in [0.25, 0.3) is 0 Å². The first-order valence-electron chi connectivity index (χ1n) is 5.74. The molecule has 0 aromatic rings. The Balaban J connectivity index is 2.86. The quantitative estimate of drug-likeness (QED) is 0.516. The van der Waals surface area contributed by atoms with Gasteiger partial charge in [-0.15, -0.1) is 0 Å². The highest BCUT2D eigenvalue weighted by Crippen LogP contribution is 2.45. The van der Waals surface area contributed by atoms with Gasteiger partial charge in [0.25, 0.3) is 0 Å². The summed E-state index contributed by atoms with van der Waals surface area (Å²) in [5.74, 6) is 0.376. The van der Waals surface area contributed by atoms with Crippen LogP contribution in [0.1, 0.15) is 47.5 Å². The molecule has 1 unspecified atom stereocenters.